The Labute approximate surface area is 194 Å². The number of hydrogen-bond donors (Lipinski definition) is 2. The molecule has 9 heteroatoms. The maximum absolute atomic E-state index is 13.0. The molecule has 0 saturated heterocycles. The van der Waals surface area contributed by atoms with Crippen LogP contribution in [0, 0.1) is 5.82 Å². The van der Waals surface area contributed by atoms with Crippen molar-refractivity contribution in [1.82, 2.24) is 10.2 Å². The predicted octanol–water partition coefficient (Wildman–Crippen LogP) is 4.57. The highest BCUT2D eigenvalue weighted by Crippen LogP contribution is 2.25. The summed E-state index contributed by atoms with van der Waals surface area (Å²) in [5.41, 5.74) is 1.36. The molecule has 0 aliphatic carbocycles. The van der Waals surface area contributed by atoms with Crippen molar-refractivity contribution in [3.05, 3.63) is 86.8 Å². The van der Waals surface area contributed by atoms with Crippen molar-refractivity contribution in [3.8, 4) is 0 Å². The number of carbonyl (C=O) groups excluding carboxylic acids is 3. The highest BCUT2D eigenvalue weighted by molar-refractivity contribution is 7.12. The van der Waals surface area contributed by atoms with Gasteiger partial charge in [-0.2, -0.15) is 0 Å². The molecule has 0 unspecified atom stereocenters. The zero-order valence-electron chi connectivity index (χ0n) is 17.2. The molecule has 32 heavy (non-hydrogen) atoms. The van der Waals surface area contributed by atoms with Crippen molar-refractivity contribution in [1.29, 1.82) is 0 Å². The molecule has 0 saturated carbocycles. The van der Waals surface area contributed by atoms with Gasteiger partial charge in [-0.15, -0.1) is 11.3 Å². The molecule has 0 aliphatic rings. The number of thiophene rings is 1. The van der Waals surface area contributed by atoms with Crippen LogP contribution in [0.3, 0.4) is 0 Å². The van der Waals surface area contributed by atoms with Crippen molar-refractivity contribution >= 4 is 46.3 Å². The predicted molar refractivity (Wildman–Crippen MR) is 124 cm³/mol. The van der Waals surface area contributed by atoms with Crippen LogP contribution in [0.5, 0.6) is 0 Å². The van der Waals surface area contributed by atoms with E-state index in [0.717, 1.165) is 5.56 Å². The van der Waals surface area contributed by atoms with E-state index in [0.29, 0.717) is 27.7 Å². The van der Waals surface area contributed by atoms with Crippen molar-refractivity contribution in [2.45, 2.75) is 13.5 Å². The number of carbonyl (C=O) groups is 3. The average molecular weight is 474 g/mol. The molecule has 0 atom stereocenters. The molecule has 3 amide bonds. The lowest BCUT2D eigenvalue weighted by atomic mass is 10.1. The molecule has 1 aromatic heterocycles. The molecule has 166 valence electrons. The second-order valence-corrected chi connectivity index (χ2v) is 8.20. The third-order valence-corrected chi connectivity index (χ3v) is 5.81. The quantitative estimate of drug-likeness (QED) is 0.503. The molecule has 2 aromatic carbocycles. The number of rotatable bonds is 8. The van der Waals surface area contributed by atoms with Gasteiger partial charge in [0, 0.05) is 18.7 Å². The molecule has 0 bridgehead atoms. The Bertz CT molecular complexity index is 1100. The van der Waals surface area contributed by atoms with Crippen LogP contribution >= 0.6 is 22.9 Å². The summed E-state index contributed by atoms with van der Waals surface area (Å²) in [5.74, 6) is -1.38. The standard InChI is InChI=1S/C23H21ClFN3O3S/c1-2-28(14-21(29)26-13-15-5-8-17(25)9-6-15)23(31)16-7-10-18(24)19(12-16)27-22(30)20-4-3-11-32-20/h3-12H,2,13-14H2,1H3,(H,26,29)(H,27,30). The first-order valence-electron chi connectivity index (χ1n) is 9.82. The van der Waals surface area contributed by atoms with E-state index in [4.69, 9.17) is 11.6 Å². The van der Waals surface area contributed by atoms with Gasteiger partial charge in [0.05, 0.1) is 22.1 Å². The van der Waals surface area contributed by atoms with Crippen LogP contribution in [-0.2, 0) is 11.3 Å². The van der Waals surface area contributed by atoms with Gasteiger partial charge in [-0.05, 0) is 54.3 Å². The van der Waals surface area contributed by atoms with Crippen LogP contribution < -0.4 is 10.6 Å². The normalized spacial score (nSPS) is 10.5. The molecule has 0 aliphatic heterocycles. The molecule has 0 radical (unpaired) electrons. The second kappa shape index (κ2) is 10.9. The number of anilines is 1. The number of benzene rings is 2. The SMILES string of the molecule is CCN(CC(=O)NCc1ccc(F)cc1)C(=O)c1ccc(Cl)c(NC(=O)c2cccs2)c1. The Morgan fingerprint density at radius 3 is 2.50 bits per heavy atom. The Morgan fingerprint density at radius 1 is 1.09 bits per heavy atom. The first kappa shape index (κ1) is 23.4. The van der Waals surface area contributed by atoms with Crippen LogP contribution in [0.25, 0.3) is 0 Å². The maximum atomic E-state index is 13.0. The van der Waals surface area contributed by atoms with E-state index in [-0.39, 0.29) is 36.6 Å². The molecule has 6 nitrogen and oxygen atoms in total. The summed E-state index contributed by atoms with van der Waals surface area (Å²) in [4.78, 5) is 39.5. The summed E-state index contributed by atoms with van der Waals surface area (Å²) in [6, 6.07) is 13.8. The van der Waals surface area contributed by atoms with Crippen molar-refractivity contribution in [2.75, 3.05) is 18.4 Å². The summed E-state index contributed by atoms with van der Waals surface area (Å²) < 4.78 is 13.0. The molecular formula is C23H21ClFN3O3S. The topological polar surface area (TPSA) is 78.5 Å². The number of halogens is 2. The summed E-state index contributed by atoms with van der Waals surface area (Å²) in [5, 5.41) is 7.52. The van der Waals surface area contributed by atoms with Gasteiger partial charge >= 0.3 is 0 Å². The molecule has 3 rings (SSSR count). The zero-order valence-corrected chi connectivity index (χ0v) is 18.8. The van der Waals surface area contributed by atoms with E-state index in [2.05, 4.69) is 10.6 Å². The largest absolute Gasteiger partial charge is 0.350 e. The fourth-order valence-electron chi connectivity index (χ4n) is 2.89. The minimum atomic E-state index is -0.368. The highest BCUT2D eigenvalue weighted by atomic mass is 35.5. The van der Waals surface area contributed by atoms with E-state index >= 15 is 0 Å². The third kappa shape index (κ3) is 6.15. The molecule has 3 aromatic rings. The van der Waals surface area contributed by atoms with E-state index < -0.39 is 0 Å². The number of nitrogens with one attached hydrogen (secondary N) is 2. The second-order valence-electron chi connectivity index (χ2n) is 6.85. The summed E-state index contributed by atoms with van der Waals surface area (Å²) >= 11 is 7.48. The average Bonchev–Trinajstić information content (AvgIpc) is 3.33. The minimum Gasteiger partial charge on any atom is -0.350 e. The smallest absolute Gasteiger partial charge is 0.265 e. The molecule has 2 N–H and O–H groups in total. The lowest BCUT2D eigenvalue weighted by Crippen LogP contribution is -2.40. The molecule has 0 spiro atoms. The van der Waals surface area contributed by atoms with Crippen LogP contribution in [0.1, 0.15) is 32.5 Å². The third-order valence-electron chi connectivity index (χ3n) is 4.61. The van der Waals surface area contributed by atoms with E-state index in [1.54, 1.807) is 42.6 Å². The Hall–Kier alpha value is -3.23. The first-order chi connectivity index (χ1) is 15.4. The summed E-state index contributed by atoms with van der Waals surface area (Å²) in [6.07, 6.45) is 0. The minimum absolute atomic E-state index is 0.143. The van der Waals surface area contributed by atoms with Gasteiger partial charge < -0.3 is 15.5 Å². The number of amides is 3. The van der Waals surface area contributed by atoms with Crippen molar-refractivity contribution in [3.63, 3.8) is 0 Å². The Balaban J connectivity index is 1.64. The van der Waals surface area contributed by atoms with Gasteiger partial charge in [-0.3, -0.25) is 14.4 Å². The van der Waals surface area contributed by atoms with Crippen LogP contribution in [-0.4, -0.2) is 35.7 Å². The van der Waals surface area contributed by atoms with Crippen molar-refractivity contribution < 1.29 is 18.8 Å². The van der Waals surface area contributed by atoms with E-state index in [1.165, 1.54) is 40.5 Å². The summed E-state index contributed by atoms with van der Waals surface area (Å²) in [7, 11) is 0. The van der Waals surface area contributed by atoms with E-state index in [9.17, 15) is 18.8 Å². The van der Waals surface area contributed by atoms with Crippen LogP contribution in [0.4, 0.5) is 10.1 Å². The summed E-state index contributed by atoms with van der Waals surface area (Å²) in [6.45, 7) is 2.16. The van der Waals surface area contributed by atoms with Crippen LogP contribution in [0.2, 0.25) is 5.02 Å². The van der Waals surface area contributed by atoms with Gasteiger partial charge in [0.1, 0.15) is 5.82 Å². The van der Waals surface area contributed by atoms with Gasteiger partial charge in [0.15, 0.2) is 0 Å². The van der Waals surface area contributed by atoms with E-state index in [1.807, 2.05) is 0 Å². The highest BCUT2D eigenvalue weighted by Gasteiger charge is 2.19. The Morgan fingerprint density at radius 2 is 1.84 bits per heavy atom. The molecule has 0 fully saturated rings. The number of hydrogen-bond acceptors (Lipinski definition) is 4. The fraction of sp³-hybridized carbons (Fsp3) is 0.174. The molecular weight excluding hydrogens is 453 g/mol. The first-order valence-corrected chi connectivity index (χ1v) is 11.1. The zero-order chi connectivity index (χ0) is 23.1. The van der Waals surface area contributed by atoms with Gasteiger partial charge in [-0.1, -0.05) is 29.8 Å². The Kier molecular flexibility index (Phi) is 7.97. The lowest BCUT2D eigenvalue weighted by molar-refractivity contribution is -0.121. The maximum Gasteiger partial charge on any atom is 0.265 e. The van der Waals surface area contributed by atoms with Crippen LogP contribution in [0.15, 0.2) is 60.0 Å². The fourth-order valence-corrected chi connectivity index (χ4v) is 3.67. The van der Waals surface area contributed by atoms with Gasteiger partial charge in [0.25, 0.3) is 11.8 Å². The number of nitrogens with zero attached hydrogens (tertiary/aromatic N) is 1. The molecule has 1 heterocycles. The lowest BCUT2D eigenvalue weighted by Gasteiger charge is -2.21. The van der Waals surface area contributed by atoms with Crippen molar-refractivity contribution in [2.24, 2.45) is 0 Å². The number of likely N-dealkylation sites (N-methyl/N-ethyl adjacent to an activating group) is 1. The van der Waals surface area contributed by atoms with Gasteiger partial charge in [0.2, 0.25) is 5.91 Å². The van der Waals surface area contributed by atoms with Gasteiger partial charge in [-0.25, -0.2) is 4.39 Å². The monoisotopic (exact) mass is 473 g/mol.